The number of ketones is 1. The first-order chi connectivity index (χ1) is 12.1. The molecule has 128 valence electrons. The second kappa shape index (κ2) is 6.00. The van der Waals surface area contributed by atoms with Crippen molar-refractivity contribution in [2.45, 2.75) is 12.8 Å². The summed E-state index contributed by atoms with van der Waals surface area (Å²) in [5.41, 5.74) is 7.30. The lowest BCUT2D eigenvalue weighted by Gasteiger charge is -2.33. The number of fused-ring (bicyclic) bond motifs is 1. The van der Waals surface area contributed by atoms with Crippen molar-refractivity contribution in [3.05, 3.63) is 40.6 Å². The number of rotatable bonds is 3. The molecule has 1 aliphatic rings. The highest BCUT2D eigenvalue weighted by Crippen LogP contribution is 2.28. The monoisotopic (exact) mass is 339 g/mol. The summed E-state index contributed by atoms with van der Waals surface area (Å²) in [7, 11) is 0. The van der Waals surface area contributed by atoms with E-state index in [1.54, 1.807) is 12.4 Å². The number of anilines is 2. The second-order valence-corrected chi connectivity index (χ2v) is 6.10. The third-order valence-corrected chi connectivity index (χ3v) is 4.44. The Hall–Kier alpha value is -3.23. The number of nitrogen functional groups attached to an aromatic ring is 1. The number of pyridine rings is 1. The lowest BCUT2D eigenvalue weighted by molar-refractivity contribution is 0.0906. The zero-order chi connectivity index (χ0) is 17.4. The van der Waals surface area contributed by atoms with E-state index in [4.69, 9.17) is 5.73 Å². The number of nitrogens with one attached hydrogen (secondary N) is 2. The highest BCUT2D eigenvalue weighted by atomic mass is 16.1. The molecule has 4 rings (SSSR count). The molecule has 3 aromatic heterocycles. The molecule has 1 unspecified atom stereocenters. The maximum atomic E-state index is 12.7. The predicted molar refractivity (Wildman–Crippen MR) is 92.4 cm³/mol. The van der Waals surface area contributed by atoms with Crippen LogP contribution in [-0.2, 0) is 0 Å². The summed E-state index contributed by atoms with van der Waals surface area (Å²) in [6.07, 6.45) is 4.68. The van der Waals surface area contributed by atoms with Crippen LogP contribution in [0.3, 0.4) is 0 Å². The van der Waals surface area contributed by atoms with Gasteiger partial charge in [-0.2, -0.15) is 9.97 Å². The van der Waals surface area contributed by atoms with Crippen LogP contribution in [0.2, 0.25) is 0 Å². The number of carbonyl (C=O) groups is 1. The Balaban J connectivity index is 1.62. The van der Waals surface area contributed by atoms with Gasteiger partial charge in [-0.15, -0.1) is 0 Å². The van der Waals surface area contributed by atoms with Gasteiger partial charge in [0.2, 0.25) is 11.5 Å². The van der Waals surface area contributed by atoms with Crippen molar-refractivity contribution in [1.29, 1.82) is 0 Å². The molecule has 1 aliphatic heterocycles. The molecule has 0 amide bonds. The van der Waals surface area contributed by atoms with Crippen LogP contribution in [0.1, 0.15) is 23.2 Å². The topological polar surface area (TPSA) is 134 Å². The molecule has 1 atom stereocenters. The van der Waals surface area contributed by atoms with Crippen LogP contribution in [0.4, 0.5) is 11.8 Å². The van der Waals surface area contributed by atoms with Crippen LogP contribution < -0.4 is 16.2 Å². The van der Waals surface area contributed by atoms with Gasteiger partial charge in [0.1, 0.15) is 5.52 Å². The molecule has 1 saturated heterocycles. The molecule has 0 radical (unpaired) electrons. The Labute approximate surface area is 142 Å². The number of carbonyl (C=O) groups excluding carboxylic acids is 1. The SMILES string of the molecule is Nc1nc(N2CCCC(C(=O)c3ccc(=O)[nH]c3)C2)c2[nH]cnc2n1. The van der Waals surface area contributed by atoms with Gasteiger partial charge in [-0.05, 0) is 18.9 Å². The Morgan fingerprint density at radius 1 is 1.28 bits per heavy atom. The van der Waals surface area contributed by atoms with Crippen molar-refractivity contribution in [2.24, 2.45) is 5.92 Å². The fraction of sp³-hybridized carbons (Fsp3) is 0.312. The Morgan fingerprint density at radius 3 is 2.96 bits per heavy atom. The Morgan fingerprint density at radius 2 is 2.16 bits per heavy atom. The van der Waals surface area contributed by atoms with Gasteiger partial charge < -0.3 is 20.6 Å². The van der Waals surface area contributed by atoms with Gasteiger partial charge in [-0.3, -0.25) is 9.59 Å². The van der Waals surface area contributed by atoms with Crippen molar-refractivity contribution < 1.29 is 4.79 Å². The van der Waals surface area contributed by atoms with Crippen LogP contribution in [0.15, 0.2) is 29.5 Å². The van der Waals surface area contributed by atoms with Gasteiger partial charge in [0.25, 0.3) is 0 Å². The number of Topliss-reactive ketones (excluding diaryl/α,β-unsaturated/α-hetero) is 1. The number of hydrogen-bond donors (Lipinski definition) is 3. The van der Waals surface area contributed by atoms with Crippen LogP contribution >= 0.6 is 0 Å². The molecule has 9 heteroatoms. The molecule has 0 saturated carbocycles. The van der Waals surface area contributed by atoms with E-state index >= 15 is 0 Å². The molecule has 4 N–H and O–H groups in total. The van der Waals surface area contributed by atoms with Gasteiger partial charge in [0.05, 0.1) is 6.33 Å². The van der Waals surface area contributed by atoms with E-state index in [0.717, 1.165) is 19.4 Å². The van der Waals surface area contributed by atoms with Crippen LogP contribution in [-0.4, -0.2) is 43.8 Å². The van der Waals surface area contributed by atoms with E-state index in [-0.39, 0.29) is 23.2 Å². The zero-order valence-electron chi connectivity index (χ0n) is 13.4. The number of imidazole rings is 1. The third-order valence-electron chi connectivity index (χ3n) is 4.44. The number of aromatic amines is 2. The van der Waals surface area contributed by atoms with Crippen molar-refractivity contribution in [3.63, 3.8) is 0 Å². The smallest absolute Gasteiger partial charge is 0.247 e. The maximum Gasteiger partial charge on any atom is 0.247 e. The van der Waals surface area contributed by atoms with E-state index in [2.05, 4.69) is 24.9 Å². The molecule has 0 aliphatic carbocycles. The summed E-state index contributed by atoms with van der Waals surface area (Å²) in [6.45, 7) is 1.31. The lowest BCUT2D eigenvalue weighted by atomic mass is 9.90. The van der Waals surface area contributed by atoms with Crippen LogP contribution in [0.25, 0.3) is 11.2 Å². The Kier molecular flexibility index (Phi) is 3.68. The highest BCUT2D eigenvalue weighted by molar-refractivity contribution is 5.98. The average molecular weight is 339 g/mol. The van der Waals surface area contributed by atoms with Crippen molar-refractivity contribution in [3.8, 4) is 0 Å². The minimum absolute atomic E-state index is 0.0174. The van der Waals surface area contributed by atoms with Crippen LogP contribution in [0, 0.1) is 5.92 Å². The normalized spacial score (nSPS) is 17.8. The quantitative estimate of drug-likeness (QED) is 0.599. The fourth-order valence-electron chi connectivity index (χ4n) is 3.25. The van der Waals surface area contributed by atoms with Gasteiger partial charge in [0, 0.05) is 36.8 Å². The molecule has 0 aromatic carbocycles. The second-order valence-electron chi connectivity index (χ2n) is 6.10. The molecule has 0 spiro atoms. The zero-order valence-corrected chi connectivity index (χ0v) is 13.4. The molecule has 1 fully saturated rings. The van der Waals surface area contributed by atoms with Crippen molar-refractivity contribution in [2.75, 3.05) is 23.7 Å². The number of nitrogens with zero attached hydrogens (tertiary/aromatic N) is 4. The number of aromatic nitrogens is 5. The largest absolute Gasteiger partial charge is 0.368 e. The Bertz CT molecular complexity index is 973. The van der Waals surface area contributed by atoms with Crippen molar-refractivity contribution in [1.82, 2.24) is 24.9 Å². The fourth-order valence-corrected chi connectivity index (χ4v) is 3.25. The lowest BCUT2D eigenvalue weighted by Crippen LogP contribution is -2.39. The van der Waals surface area contributed by atoms with E-state index in [1.807, 2.05) is 4.90 Å². The van der Waals surface area contributed by atoms with Crippen LogP contribution in [0.5, 0.6) is 0 Å². The molecular formula is C16H17N7O2. The molecule has 3 aromatic rings. The molecule has 9 nitrogen and oxygen atoms in total. The van der Waals surface area contributed by atoms with E-state index in [9.17, 15) is 9.59 Å². The van der Waals surface area contributed by atoms with Crippen molar-refractivity contribution >= 4 is 28.7 Å². The predicted octanol–water partition coefficient (Wildman–Crippen LogP) is 0.723. The number of nitrogens with two attached hydrogens (primary N) is 1. The number of piperidine rings is 1. The summed E-state index contributed by atoms with van der Waals surface area (Å²) in [4.78, 5) is 44.1. The first-order valence-corrected chi connectivity index (χ1v) is 8.06. The molecule has 4 heterocycles. The highest BCUT2D eigenvalue weighted by Gasteiger charge is 2.29. The molecule has 0 bridgehead atoms. The average Bonchev–Trinajstić information content (AvgIpc) is 3.09. The minimum Gasteiger partial charge on any atom is -0.368 e. The number of H-pyrrole nitrogens is 2. The summed E-state index contributed by atoms with van der Waals surface area (Å²) in [6, 6.07) is 2.93. The summed E-state index contributed by atoms with van der Waals surface area (Å²) in [5, 5.41) is 0. The van der Waals surface area contributed by atoms with Gasteiger partial charge >= 0.3 is 0 Å². The maximum absolute atomic E-state index is 12.7. The summed E-state index contributed by atoms with van der Waals surface area (Å²) in [5.74, 6) is 0.667. The first-order valence-electron chi connectivity index (χ1n) is 8.06. The summed E-state index contributed by atoms with van der Waals surface area (Å²) < 4.78 is 0. The molecule has 25 heavy (non-hydrogen) atoms. The minimum atomic E-state index is -0.222. The molecular weight excluding hydrogens is 322 g/mol. The van der Waals surface area contributed by atoms with Gasteiger partial charge in [0.15, 0.2) is 17.2 Å². The van der Waals surface area contributed by atoms with Gasteiger partial charge in [-0.25, -0.2) is 4.98 Å². The summed E-state index contributed by atoms with van der Waals surface area (Å²) >= 11 is 0. The van der Waals surface area contributed by atoms with E-state index < -0.39 is 0 Å². The van der Waals surface area contributed by atoms with E-state index in [0.29, 0.717) is 29.1 Å². The standard InChI is InChI=1S/C16H17N7O2/c17-16-21-14-12(19-8-20-14)15(22-16)23-5-1-2-10(7-23)13(25)9-3-4-11(24)18-6-9/h3-4,6,8,10H,1-2,5,7H2,(H,18,24)(H3,17,19,20,21,22). The van der Waals surface area contributed by atoms with E-state index in [1.165, 1.54) is 12.3 Å². The first kappa shape index (κ1) is 15.3. The van der Waals surface area contributed by atoms with Gasteiger partial charge in [-0.1, -0.05) is 0 Å². The number of hydrogen-bond acceptors (Lipinski definition) is 7. The third kappa shape index (κ3) is 2.84.